The van der Waals surface area contributed by atoms with Crippen LogP contribution in [0.4, 0.5) is 0 Å². The molecule has 0 aromatic carbocycles. The van der Waals surface area contributed by atoms with Crippen LogP contribution in [-0.2, 0) is 9.47 Å². The molecule has 4 atom stereocenters. The Kier molecular flexibility index (Phi) is 9.23. The van der Waals surface area contributed by atoms with Crippen molar-refractivity contribution in [1.29, 1.82) is 0 Å². The average Bonchev–Trinajstić information content (AvgIpc) is 2.70. The van der Waals surface area contributed by atoms with E-state index >= 15 is 0 Å². The van der Waals surface area contributed by atoms with Crippen LogP contribution < -0.4 is 0 Å². The molecule has 0 spiro atoms. The molecule has 3 unspecified atom stereocenters. The van der Waals surface area contributed by atoms with Gasteiger partial charge in [0.25, 0.3) is 0 Å². The van der Waals surface area contributed by atoms with Crippen molar-refractivity contribution in [2.24, 2.45) is 17.3 Å². The van der Waals surface area contributed by atoms with Crippen LogP contribution in [0.3, 0.4) is 0 Å². The van der Waals surface area contributed by atoms with Gasteiger partial charge in [-0.25, -0.2) is 0 Å². The molecule has 0 aromatic rings. The fraction of sp³-hybridized carbons (Fsp3) is 0.556. The van der Waals surface area contributed by atoms with Gasteiger partial charge in [0.05, 0.1) is 19.3 Å². The van der Waals surface area contributed by atoms with E-state index < -0.39 is 0 Å². The predicted molar refractivity (Wildman–Crippen MR) is 125 cm³/mol. The molecule has 2 heteroatoms. The summed E-state index contributed by atoms with van der Waals surface area (Å²) in [7, 11) is 0. The van der Waals surface area contributed by atoms with E-state index in [4.69, 9.17) is 9.47 Å². The van der Waals surface area contributed by atoms with Crippen molar-refractivity contribution in [1.82, 2.24) is 0 Å². The van der Waals surface area contributed by atoms with Crippen molar-refractivity contribution in [3.05, 3.63) is 72.6 Å². The van der Waals surface area contributed by atoms with Crippen LogP contribution in [0, 0.1) is 17.3 Å². The number of hydrogen-bond acceptors (Lipinski definition) is 2. The van der Waals surface area contributed by atoms with Crippen molar-refractivity contribution in [2.45, 2.75) is 65.9 Å². The maximum absolute atomic E-state index is 6.42. The second-order valence-electron chi connectivity index (χ2n) is 9.12. The quantitative estimate of drug-likeness (QED) is 0.207. The van der Waals surface area contributed by atoms with Gasteiger partial charge in [0.1, 0.15) is 5.76 Å². The minimum atomic E-state index is -0.00504. The summed E-state index contributed by atoms with van der Waals surface area (Å²) in [6, 6.07) is 0. The standard InChI is InChI=1S/C27H40O2/c1-7-25(28-19-24-14-9-8-12-22(24)4)18-26(16-15-21(2)3)29-20-27(6)17-11-10-13-23(27)5/h7,9-11,13-14,18,22,24,26H,1-2,8,12,15-17,19-20H2,3-6H3/b25-18+/t22-,24?,26?,27?/m1/s1. The summed E-state index contributed by atoms with van der Waals surface area (Å²) in [6.07, 6.45) is 20.3. The molecule has 0 saturated heterocycles. The molecule has 2 aliphatic carbocycles. The van der Waals surface area contributed by atoms with Crippen LogP contribution in [0.5, 0.6) is 0 Å². The van der Waals surface area contributed by atoms with Gasteiger partial charge in [0, 0.05) is 11.3 Å². The molecule has 0 saturated carbocycles. The second-order valence-corrected chi connectivity index (χ2v) is 9.12. The Hall–Kier alpha value is -1.80. The van der Waals surface area contributed by atoms with E-state index in [1.807, 2.05) is 6.08 Å². The Bertz CT molecular complexity index is 679. The summed E-state index contributed by atoms with van der Waals surface area (Å²) in [4.78, 5) is 0. The molecule has 0 amide bonds. The van der Waals surface area contributed by atoms with Crippen LogP contribution in [-0.4, -0.2) is 19.3 Å². The SMILES string of the molecule is C=C/C(=C\C(CCC(=C)C)OCC1(C)CC=CC=C1C)OCC1C=CCC[C@H]1C. The number of allylic oxidation sites excluding steroid dienone is 6. The first kappa shape index (κ1) is 23.5. The van der Waals surface area contributed by atoms with Crippen molar-refractivity contribution in [3.63, 3.8) is 0 Å². The topological polar surface area (TPSA) is 18.5 Å². The lowest BCUT2D eigenvalue weighted by molar-refractivity contribution is 0.0274. The molecule has 0 fully saturated rings. The maximum atomic E-state index is 6.42. The first-order valence-corrected chi connectivity index (χ1v) is 11.1. The fourth-order valence-corrected chi connectivity index (χ4v) is 3.77. The van der Waals surface area contributed by atoms with Crippen LogP contribution >= 0.6 is 0 Å². The molecular weight excluding hydrogens is 356 g/mol. The minimum absolute atomic E-state index is 0.00504. The Morgan fingerprint density at radius 3 is 2.83 bits per heavy atom. The van der Waals surface area contributed by atoms with Gasteiger partial charge in [-0.2, -0.15) is 0 Å². The van der Waals surface area contributed by atoms with E-state index in [2.05, 4.69) is 77.3 Å². The first-order chi connectivity index (χ1) is 13.8. The lowest BCUT2D eigenvalue weighted by atomic mass is 9.78. The van der Waals surface area contributed by atoms with Gasteiger partial charge >= 0.3 is 0 Å². The highest BCUT2D eigenvalue weighted by molar-refractivity contribution is 5.24. The number of ether oxygens (including phenoxy) is 2. The van der Waals surface area contributed by atoms with Crippen LogP contribution in [0.2, 0.25) is 0 Å². The van der Waals surface area contributed by atoms with E-state index in [1.165, 1.54) is 24.0 Å². The van der Waals surface area contributed by atoms with Gasteiger partial charge in [0.15, 0.2) is 0 Å². The van der Waals surface area contributed by atoms with E-state index in [0.29, 0.717) is 25.0 Å². The minimum Gasteiger partial charge on any atom is -0.493 e. The lowest BCUT2D eigenvalue weighted by Gasteiger charge is -2.33. The van der Waals surface area contributed by atoms with Gasteiger partial charge in [-0.1, -0.05) is 62.0 Å². The zero-order valence-corrected chi connectivity index (χ0v) is 19.0. The maximum Gasteiger partial charge on any atom is 0.117 e. The highest BCUT2D eigenvalue weighted by Crippen LogP contribution is 2.35. The second kappa shape index (κ2) is 11.4. The smallest absolute Gasteiger partial charge is 0.117 e. The molecular formula is C27H40O2. The molecule has 0 heterocycles. The molecule has 29 heavy (non-hydrogen) atoms. The molecule has 0 radical (unpaired) electrons. The third-order valence-electron chi connectivity index (χ3n) is 6.37. The van der Waals surface area contributed by atoms with Gasteiger partial charge in [-0.3, -0.25) is 0 Å². The number of rotatable bonds is 11. The summed E-state index contributed by atoms with van der Waals surface area (Å²) in [5.41, 5.74) is 2.61. The van der Waals surface area contributed by atoms with E-state index in [0.717, 1.165) is 25.0 Å². The zero-order valence-electron chi connectivity index (χ0n) is 19.0. The van der Waals surface area contributed by atoms with Gasteiger partial charge in [0.2, 0.25) is 0 Å². The molecule has 2 aliphatic rings. The van der Waals surface area contributed by atoms with Crippen LogP contribution in [0.15, 0.2) is 72.6 Å². The Morgan fingerprint density at radius 1 is 1.38 bits per heavy atom. The zero-order chi connectivity index (χ0) is 21.3. The summed E-state index contributed by atoms with van der Waals surface area (Å²) in [5, 5.41) is 0. The van der Waals surface area contributed by atoms with Crippen molar-refractivity contribution >= 4 is 0 Å². The van der Waals surface area contributed by atoms with Gasteiger partial charge < -0.3 is 9.47 Å². The summed E-state index contributed by atoms with van der Waals surface area (Å²) in [5.74, 6) is 1.96. The normalized spacial score (nSPS) is 28.0. The molecule has 160 valence electrons. The summed E-state index contributed by atoms with van der Waals surface area (Å²) in [6.45, 7) is 18.3. The Labute approximate surface area is 178 Å². The van der Waals surface area contributed by atoms with Crippen LogP contribution in [0.25, 0.3) is 0 Å². The van der Waals surface area contributed by atoms with Crippen LogP contribution in [0.1, 0.15) is 59.8 Å². The monoisotopic (exact) mass is 396 g/mol. The third kappa shape index (κ3) is 7.51. The van der Waals surface area contributed by atoms with Gasteiger partial charge in [-0.05, 0) is 64.0 Å². The van der Waals surface area contributed by atoms with Crippen molar-refractivity contribution in [2.75, 3.05) is 13.2 Å². The number of hydrogen-bond donors (Lipinski definition) is 0. The summed E-state index contributed by atoms with van der Waals surface area (Å²) >= 11 is 0. The fourth-order valence-electron chi connectivity index (χ4n) is 3.77. The average molecular weight is 397 g/mol. The molecule has 2 nitrogen and oxygen atoms in total. The van der Waals surface area contributed by atoms with E-state index in [9.17, 15) is 0 Å². The lowest BCUT2D eigenvalue weighted by Crippen LogP contribution is -2.28. The predicted octanol–water partition coefficient (Wildman–Crippen LogP) is 7.33. The van der Waals surface area contributed by atoms with Gasteiger partial charge in [-0.15, -0.1) is 6.58 Å². The molecule has 0 aromatic heterocycles. The van der Waals surface area contributed by atoms with E-state index in [-0.39, 0.29) is 11.5 Å². The summed E-state index contributed by atoms with van der Waals surface area (Å²) < 4.78 is 12.6. The Balaban J connectivity index is 2.01. The Morgan fingerprint density at radius 2 is 2.17 bits per heavy atom. The molecule has 2 rings (SSSR count). The first-order valence-electron chi connectivity index (χ1n) is 11.1. The molecule has 0 aliphatic heterocycles. The van der Waals surface area contributed by atoms with Crippen molar-refractivity contribution in [3.8, 4) is 0 Å². The largest absolute Gasteiger partial charge is 0.493 e. The molecule has 0 N–H and O–H groups in total. The highest BCUT2D eigenvalue weighted by Gasteiger charge is 2.28. The van der Waals surface area contributed by atoms with Crippen molar-refractivity contribution < 1.29 is 9.47 Å². The molecule has 0 bridgehead atoms. The van der Waals surface area contributed by atoms with E-state index in [1.54, 1.807) is 0 Å². The highest BCUT2D eigenvalue weighted by atomic mass is 16.5. The third-order valence-corrected chi connectivity index (χ3v) is 6.37.